The Bertz CT molecular complexity index is 327. The van der Waals surface area contributed by atoms with Crippen molar-refractivity contribution in [3.05, 3.63) is 29.3 Å². The largest absolute Gasteiger partial charge is 0.497 e. The molecule has 1 rings (SSSR count). The van der Waals surface area contributed by atoms with E-state index >= 15 is 0 Å². The molecule has 0 aliphatic carbocycles. The van der Waals surface area contributed by atoms with E-state index in [0.29, 0.717) is 23.2 Å². The molecule has 0 bridgehead atoms. The maximum absolute atomic E-state index is 11.5. The van der Waals surface area contributed by atoms with Crippen molar-refractivity contribution < 1.29 is 14.3 Å². The lowest BCUT2D eigenvalue weighted by Crippen LogP contribution is -2.05. The highest BCUT2D eigenvalue weighted by Gasteiger charge is 2.09. The Morgan fingerprint density at radius 2 is 2.13 bits per heavy atom. The monoisotopic (exact) mass is 272 g/mol. The number of benzene rings is 1. The number of carbonyl (C=O) groups is 1. The van der Waals surface area contributed by atoms with Gasteiger partial charge in [-0.3, -0.25) is 0 Å². The first-order chi connectivity index (χ1) is 7.21. The Labute approximate surface area is 97.5 Å². The van der Waals surface area contributed by atoms with Gasteiger partial charge in [0.05, 0.1) is 19.3 Å². The number of esters is 1. The van der Waals surface area contributed by atoms with Crippen molar-refractivity contribution in [3.63, 3.8) is 0 Å². The Kier molecular flexibility index (Phi) is 4.62. The molecule has 1 aromatic carbocycles. The highest BCUT2D eigenvalue weighted by Crippen LogP contribution is 2.19. The van der Waals surface area contributed by atoms with Crippen molar-refractivity contribution in [1.82, 2.24) is 0 Å². The van der Waals surface area contributed by atoms with Gasteiger partial charge in [0.25, 0.3) is 0 Å². The fraction of sp³-hybridized carbons (Fsp3) is 0.364. The van der Waals surface area contributed by atoms with Crippen molar-refractivity contribution in [1.29, 1.82) is 0 Å². The van der Waals surface area contributed by atoms with Gasteiger partial charge in [-0.05, 0) is 30.7 Å². The molecule has 0 N–H and O–H groups in total. The van der Waals surface area contributed by atoms with Gasteiger partial charge >= 0.3 is 5.97 Å². The predicted octanol–water partition coefficient (Wildman–Crippen LogP) is 2.77. The summed E-state index contributed by atoms with van der Waals surface area (Å²) in [4.78, 5) is 11.5. The quantitative estimate of drug-likeness (QED) is 0.625. The van der Waals surface area contributed by atoms with Gasteiger partial charge in [0, 0.05) is 5.33 Å². The van der Waals surface area contributed by atoms with Crippen LogP contribution in [0.1, 0.15) is 22.8 Å². The number of halogens is 1. The van der Waals surface area contributed by atoms with E-state index in [1.807, 2.05) is 6.07 Å². The molecule has 15 heavy (non-hydrogen) atoms. The van der Waals surface area contributed by atoms with Crippen LogP contribution >= 0.6 is 15.9 Å². The summed E-state index contributed by atoms with van der Waals surface area (Å²) in [6.45, 7) is 2.16. The summed E-state index contributed by atoms with van der Waals surface area (Å²) in [6.07, 6.45) is 0. The molecule has 0 fully saturated rings. The zero-order chi connectivity index (χ0) is 11.3. The predicted molar refractivity (Wildman–Crippen MR) is 61.6 cm³/mol. The van der Waals surface area contributed by atoms with E-state index in [4.69, 9.17) is 9.47 Å². The first kappa shape index (κ1) is 12.0. The second-order valence-electron chi connectivity index (χ2n) is 2.92. The normalized spacial score (nSPS) is 9.80. The van der Waals surface area contributed by atoms with Crippen LogP contribution in [0, 0.1) is 0 Å². The van der Waals surface area contributed by atoms with Crippen molar-refractivity contribution in [2.75, 3.05) is 13.7 Å². The minimum Gasteiger partial charge on any atom is -0.497 e. The molecule has 0 saturated carbocycles. The van der Waals surface area contributed by atoms with E-state index in [1.165, 1.54) is 0 Å². The lowest BCUT2D eigenvalue weighted by atomic mass is 10.1. The van der Waals surface area contributed by atoms with Gasteiger partial charge in [-0.15, -0.1) is 0 Å². The highest BCUT2D eigenvalue weighted by molar-refractivity contribution is 9.08. The van der Waals surface area contributed by atoms with E-state index in [2.05, 4.69) is 15.9 Å². The maximum Gasteiger partial charge on any atom is 0.338 e. The number of carbonyl (C=O) groups excluding carboxylic acids is 1. The topological polar surface area (TPSA) is 35.5 Å². The van der Waals surface area contributed by atoms with Gasteiger partial charge in [0.15, 0.2) is 0 Å². The summed E-state index contributed by atoms with van der Waals surface area (Å²) >= 11 is 3.34. The van der Waals surface area contributed by atoms with Crippen LogP contribution in [0.25, 0.3) is 0 Å². The molecule has 0 aliphatic heterocycles. The molecular formula is C11H13BrO3. The van der Waals surface area contributed by atoms with Crippen LogP contribution in [0.2, 0.25) is 0 Å². The van der Waals surface area contributed by atoms with E-state index in [-0.39, 0.29) is 5.97 Å². The van der Waals surface area contributed by atoms with Crippen molar-refractivity contribution in [2.45, 2.75) is 12.3 Å². The van der Waals surface area contributed by atoms with Gasteiger partial charge in [-0.2, -0.15) is 0 Å². The highest BCUT2D eigenvalue weighted by atomic mass is 79.9. The number of hydrogen-bond acceptors (Lipinski definition) is 3. The van der Waals surface area contributed by atoms with Gasteiger partial charge in [-0.25, -0.2) is 4.79 Å². The molecule has 0 spiro atoms. The lowest BCUT2D eigenvalue weighted by Gasteiger charge is -2.06. The number of alkyl halides is 1. The lowest BCUT2D eigenvalue weighted by molar-refractivity contribution is 0.0526. The Morgan fingerprint density at radius 3 is 2.67 bits per heavy atom. The smallest absolute Gasteiger partial charge is 0.338 e. The Morgan fingerprint density at radius 1 is 1.40 bits per heavy atom. The van der Waals surface area contributed by atoms with E-state index in [0.717, 1.165) is 5.56 Å². The van der Waals surface area contributed by atoms with E-state index in [9.17, 15) is 4.79 Å². The minimum atomic E-state index is -0.321. The molecule has 3 nitrogen and oxygen atoms in total. The fourth-order valence-corrected chi connectivity index (χ4v) is 1.51. The summed E-state index contributed by atoms with van der Waals surface area (Å²) in [5.74, 6) is 0.341. The zero-order valence-corrected chi connectivity index (χ0v) is 10.3. The molecule has 0 aromatic heterocycles. The Balaban J connectivity index is 3.01. The molecule has 0 atom stereocenters. The second-order valence-corrected chi connectivity index (χ2v) is 3.48. The van der Waals surface area contributed by atoms with Crippen LogP contribution in [-0.4, -0.2) is 19.7 Å². The summed E-state index contributed by atoms with van der Waals surface area (Å²) in [5, 5.41) is 0.677. The first-order valence-electron chi connectivity index (χ1n) is 4.62. The van der Waals surface area contributed by atoms with Crippen molar-refractivity contribution >= 4 is 21.9 Å². The van der Waals surface area contributed by atoms with Crippen molar-refractivity contribution in [2.24, 2.45) is 0 Å². The maximum atomic E-state index is 11.5. The van der Waals surface area contributed by atoms with Crippen LogP contribution < -0.4 is 4.74 Å². The van der Waals surface area contributed by atoms with Crippen LogP contribution in [0.3, 0.4) is 0 Å². The van der Waals surface area contributed by atoms with Crippen molar-refractivity contribution in [3.8, 4) is 5.75 Å². The van der Waals surface area contributed by atoms with Crippen LogP contribution in [-0.2, 0) is 10.1 Å². The average Bonchev–Trinajstić information content (AvgIpc) is 2.28. The number of ether oxygens (including phenoxy) is 2. The second kappa shape index (κ2) is 5.75. The summed E-state index contributed by atoms with van der Waals surface area (Å²) in [5.41, 5.74) is 1.50. The first-order valence-corrected chi connectivity index (χ1v) is 5.74. The number of rotatable bonds is 4. The van der Waals surface area contributed by atoms with Crippen LogP contribution in [0.15, 0.2) is 18.2 Å². The molecular weight excluding hydrogens is 260 g/mol. The molecule has 0 saturated heterocycles. The molecule has 4 heteroatoms. The SMILES string of the molecule is CCOC(=O)c1cc(CBr)cc(OC)c1. The third-order valence-corrected chi connectivity index (χ3v) is 2.51. The van der Waals surface area contributed by atoms with Crippen LogP contribution in [0.4, 0.5) is 0 Å². The molecule has 0 unspecified atom stereocenters. The zero-order valence-electron chi connectivity index (χ0n) is 8.75. The average molecular weight is 273 g/mol. The third-order valence-electron chi connectivity index (χ3n) is 1.87. The van der Waals surface area contributed by atoms with Gasteiger partial charge < -0.3 is 9.47 Å². The fourth-order valence-electron chi connectivity index (χ4n) is 1.19. The molecule has 82 valence electrons. The summed E-state index contributed by atoms with van der Waals surface area (Å²) in [7, 11) is 1.57. The number of hydrogen-bond donors (Lipinski definition) is 0. The number of methoxy groups -OCH3 is 1. The molecule has 1 aromatic rings. The van der Waals surface area contributed by atoms with Gasteiger partial charge in [-0.1, -0.05) is 15.9 Å². The van der Waals surface area contributed by atoms with Gasteiger partial charge in [0.1, 0.15) is 5.75 Å². The molecule has 0 heterocycles. The third kappa shape index (κ3) is 3.23. The van der Waals surface area contributed by atoms with E-state index < -0.39 is 0 Å². The van der Waals surface area contributed by atoms with Gasteiger partial charge in [0.2, 0.25) is 0 Å². The standard InChI is InChI=1S/C11H13BrO3/c1-3-15-11(13)9-4-8(7-12)5-10(6-9)14-2/h4-6H,3,7H2,1-2H3. The van der Waals surface area contributed by atoms with Crippen LogP contribution in [0.5, 0.6) is 5.75 Å². The van der Waals surface area contributed by atoms with E-state index in [1.54, 1.807) is 26.2 Å². The summed E-state index contributed by atoms with van der Waals surface area (Å²) in [6, 6.07) is 5.33. The Hall–Kier alpha value is -1.03. The molecule has 0 radical (unpaired) electrons. The minimum absolute atomic E-state index is 0.321. The molecule has 0 amide bonds. The summed E-state index contributed by atoms with van der Waals surface area (Å²) < 4.78 is 10.0. The molecule has 0 aliphatic rings.